The van der Waals surface area contributed by atoms with Crippen molar-refractivity contribution in [3.8, 4) is 5.75 Å². The van der Waals surface area contributed by atoms with E-state index < -0.39 is 0 Å². The fourth-order valence-electron chi connectivity index (χ4n) is 1.42. The number of rotatable bonds is 5. The summed E-state index contributed by atoms with van der Waals surface area (Å²) in [7, 11) is 0. The summed E-state index contributed by atoms with van der Waals surface area (Å²) < 4.78 is 8.42. The zero-order valence-corrected chi connectivity index (χ0v) is 13.1. The lowest BCUT2D eigenvalue weighted by molar-refractivity contribution is 0.289. The third kappa shape index (κ3) is 3.81. The highest BCUT2D eigenvalue weighted by molar-refractivity contribution is 9.10. The molecule has 0 saturated carbocycles. The second kappa shape index (κ2) is 6.33. The van der Waals surface area contributed by atoms with Crippen LogP contribution in [0, 0.1) is 0 Å². The van der Waals surface area contributed by atoms with Crippen molar-refractivity contribution in [2.75, 3.05) is 6.61 Å². The number of aromatic nitrogens is 3. The predicted molar refractivity (Wildman–Crippen MR) is 77.0 cm³/mol. The van der Waals surface area contributed by atoms with Gasteiger partial charge in [-0.25, -0.2) is 4.68 Å². The number of nitrogens with zero attached hydrogens (tertiary/aromatic N) is 3. The topological polar surface area (TPSA) is 39.9 Å². The number of hydrogen-bond donors (Lipinski definition) is 0. The summed E-state index contributed by atoms with van der Waals surface area (Å²) in [4.78, 5) is 0.220. The van der Waals surface area contributed by atoms with Gasteiger partial charge in [0.25, 0.3) is 0 Å². The first-order valence-electron chi connectivity index (χ1n) is 5.57. The maximum atomic E-state index is 5.63. The molecule has 0 N–H and O–H groups in total. The second-order valence-corrected chi connectivity index (χ2v) is 6.12. The van der Waals surface area contributed by atoms with Crippen LogP contribution in [0.5, 0.6) is 5.75 Å². The summed E-state index contributed by atoms with van der Waals surface area (Å²) in [6, 6.07) is 7.78. The normalized spacial score (nSPS) is 12.4. The molecule has 0 spiro atoms. The smallest absolute Gasteiger partial charge is 0.120 e. The summed E-state index contributed by atoms with van der Waals surface area (Å²) in [5.74, 6) is 0.846. The van der Waals surface area contributed by atoms with Crippen molar-refractivity contribution < 1.29 is 4.74 Å². The number of ether oxygens (including phenoxy) is 1. The lowest BCUT2D eigenvalue weighted by atomic mass is 10.3. The van der Waals surface area contributed by atoms with Crippen LogP contribution in [0.2, 0.25) is 0 Å². The average molecular weight is 375 g/mol. The Morgan fingerprint density at radius 1 is 1.44 bits per heavy atom. The minimum absolute atomic E-state index is 0.220. The molecule has 0 amide bonds. The molecule has 0 bridgehead atoms. The van der Waals surface area contributed by atoms with Gasteiger partial charge in [0.15, 0.2) is 0 Å². The minimum atomic E-state index is 0.220. The fourth-order valence-corrected chi connectivity index (χ4v) is 2.01. The third-order valence-corrected chi connectivity index (χ3v) is 3.31. The Morgan fingerprint density at radius 3 is 2.94 bits per heavy atom. The molecule has 2 aromatic rings. The summed E-state index contributed by atoms with van der Waals surface area (Å²) >= 11 is 6.86. The Kier molecular flexibility index (Phi) is 4.77. The highest BCUT2D eigenvalue weighted by atomic mass is 79.9. The van der Waals surface area contributed by atoms with Crippen LogP contribution in [-0.4, -0.2) is 21.6 Å². The summed E-state index contributed by atoms with van der Waals surface area (Å²) in [5, 5.41) is 8.09. The van der Waals surface area contributed by atoms with E-state index >= 15 is 0 Å². The molecule has 6 heteroatoms. The van der Waals surface area contributed by atoms with Crippen molar-refractivity contribution in [2.24, 2.45) is 0 Å². The maximum Gasteiger partial charge on any atom is 0.120 e. The second-order valence-electron chi connectivity index (χ2n) is 3.83. The standard InChI is InChI=1S/C12H13Br2N3O/c1-9(13)12-8-17(16-15-12)5-6-18-11-4-2-3-10(14)7-11/h2-4,7-9H,5-6H2,1H3. The lowest BCUT2D eigenvalue weighted by Gasteiger charge is -2.05. The molecule has 1 unspecified atom stereocenters. The molecule has 2 rings (SSSR count). The van der Waals surface area contributed by atoms with Crippen molar-refractivity contribution in [1.82, 2.24) is 15.0 Å². The number of benzene rings is 1. The zero-order chi connectivity index (χ0) is 13.0. The molecule has 0 fully saturated rings. The Labute approximate surface area is 123 Å². The van der Waals surface area contributed by atoms with E-state index in [0.717, 1.165) is 15.9 Å². The molecular weight excluding hydrogens is 362 g/mol. The van der Waals surface area contributed by atoms with Gasteiger partial charge in [-0.15, -0.1) is 5.10 Å². The van der Waals surface area contributed by atoms with Crippen LogP contribution in [0.25, 0.3) is 0 Å². The lowest BCUT2D eigenvalue weighted by Crippen LogP contribution is -2.08. The van der Waals surface area contributed by atoms with Crippen molar-refractivity contribution in [1.29, 1.82) is 0 Å². The molecule has 0 saturated heterocycles. The Bertz CT molecular complexity index is 514. The summed E-state index contributed by atoms with van der Waals surface area (Å²) in [5.41, 5.74) is 0.928. The van der Waals surface area contributed by atoms with E-state index in [0.29, 0.717) is 13.2 Å². The minimum Gasteiger partial charge on any atom is -0.492 e. The molecule has 0 aliphatic carbocycles. The molecule has 0 aliphatic rings. The Balaban J connectivity index is 1.84. The monoisotopic (exact) mass is 373 g/mol. The first kappa shape index (κ1) is 13.5. The van der Waals surface area contributed by atoms with Crippen molar-refractivity contribution in [3.05, 3.63) is 40.6 Å². The Hall–Kier alpha value is -0.880. The fraction of sp³-hybridized carbons (Fsp3) is 0.333. The van der Waals surface area contributed by atoms with E-state index in [1.807, 2.05) is 37.4 Å². The number of hydrogen-bond acceptors (Lipinski definition) is 3. The molecule has 4 nitrogen and oxygen atoms in total. The number of alkyl halides is 1. The van der Waals surface area contributed by atoms with E-state index in [-0.39, 0.29) is 4.83 Å². The highest BCUT2D eigenvalue weighted by Crippen LogP contribution is 2.19. The van der Waals surface area contributed by atoms with Gasteiger partial charge in [-0.2, -0.15) is 0 Å². The van der Waals surface area contributed by atoms with Gasteiger partial charge in [0, 0.05) is 10.7 Å². The van der Waals surface area contributed by atoms with Crippen molar-refractivity contribution in [2.45, 2.75) is 18.3 Å². The van der Waals surface area contributed by atoms with E-state index in [1.54, 1.807) is 4.68 Å². The van der Waals surface area contributed by atoms with Gasteiger partial charge in [0.05, 0.1) is 17.1 Å². The van der Waals surface area contributed by atoms with Crippen LogP contribution in [0.4, 0.5) is 0 Å². The molecule has 1 atom stereocenters. The summed E-state index contributed by atoms with van der Waals surface area (Å²) in [6.07, 6.45) is 1.92. The van der Waals surface area contributed by atoms with Crippen LogP contribution in [0.15, 0.2) is 34.9 Å². The Morgan fingerprint density at radius 2 is 2.28 bits per heavy atom. The quantitative estimate of drug-likeness (QED) is 0.751. The van der Waals surface area contributed by atoms with E-state index in [9.17, 15) is 0 Å². The van der Waals surface area contributed by atoms with Gasteiger partial charge in [-0.1, -0.05) is 43.1 Å². The molecule has 96 valence electrons. The van der Waals surface area contributed by atoms with Crippen LogP contribution in [0.3, 0.4) is 0 Å². The van der Waals surface area contributed by atoms with E-state index in [4.69, 9.17) is 4.74 Å². The van der Waals surface area contributed by atoms with Gasteiger partial charge in [-0.05, 0) is 25.1 Å². The van der Waals surface area contributed by atoms with Crippen molar-refractivity contribution in [3.63, 3.8) is 0 Å². The predicted octanol–water partition coefficient (Wildman–Crippen LogP) is 3.58. The first-order chi connectivity index (χ1) is 8.65. The summed E-state index contributed by atoms with van der Waals surface area (Å²) in [6.45, 7) is 3.27. The van der Waals surface area contributed by atoms with Gasteiger partial charge in [0.1, 0.15) is 12.4 Å². The maximum absolute atomic E-state index is 5.63. The first-order valence-corrected chi connectivity index (χ1v) is 7.28. The van der Waals surface area contributed by atoms with Crippen LogP contribution < -0.4 is 4.74 Å². The highest BCUT2D eigenvalue weighted by Gasteiger charge is 2.05. The molecule has 1 aromatic carbocycles. The molecule has 1 aromatic heterocycles. The molecular formula is C12H13Br2N3O. The zero-order valence-electron chi connectivity index (χ0n) is 9.88. The van der Waals surface area contributed by atoms with Gasteiger partial charge < -0.3 is 4.74 Å². The molecule has 0 aliphatic heterocycles. The van der Waals surface area contributed by atoms with Gasteiger partial charge in [0.2, 0.25) is 0 Å². The number of halogens is 2. The molecule has 0 radical (unpaired) electrons. The van der Waals surface area contributed by atoms with Crippen LogP contribution in [-0.2, 0) is 6.54 Å². The van der Waals surface area contributed by atoms with E-state index in [1.165, 1.54) is 0 Å². The van der Waals surface area contributed by atoms with Crippen LogP contribution in [0.1, 0.15) is 17.4 Å². The van der Waals surface area contributed by atoms with E-state index in [2.05, 4.69) is 42.2 Å². The average Bonchev–Trinajstić information content (AvgIpc) is 2.78. The SMILES string of the molecule is CC(Br)c1cn(CCOc2cccc(Br)c2)nn1. The van der Waals surface area contributed by atoms with Crippen LogP contribution >= 0.6 is 31.9 Å². The van der Waals surface area contributed by atoms with Crippen molar-refractivity contribution >= 4 is 31.9 Å². The largest absolute Gasteiger partial charge is 0.492 e. The van der Waals surface area contributed by atoms with Gasteiger partial charge in [-0.3, -0.25) is 0 Å². The molecule has 18 heavy (non-hydrogen) atoms. The molecule has 1 heterocycles. The van der Waals surface area contributed by atoms with Gasteiger partial charge >= 0.3 is 0 Å². The third-order valence-electron chi connectivity index (χ3n) is 2.35.